The van der Waals surface area contributed by atoms with E-state index in [4.69, 9.17) is 16.3 Å². The number of halogens is 1. The lowest BCUT2D eigenvalue weighted by atomic mass is 10.0. The van der Waals surface area contributed by atoms with Gasteiger partial charge in [0, 0.05) is 11.9 Å². The molecule has 0 saturated heterocycles. The summed E-state index contributed by atoms with van der Waals surface area (Å²) in [5.41, 5.74) is 1.63. The van der Waals surface area contributed by atoms with Crippen molar-refractivity contribution in [1.29, 1.82) is 0 Å². The minimum Gasteiger partial charge on any atom is -0.426 e. The molecule has 2 aromatic rings. The number of rotatable bonds is 5. The molecule has 0 radical (unpaired) electrons. The van der Waals surface area contributed by atoms with Gasteiger partial charge in [-0.3, -0.25) is 9.59 Å². The molecule has 2 aromatic carbocycles. The van der Waals surface area contributed by atoms with Crippen LogP contribution in [0.1, 0.15) is 30.5 Å². The van der Waals surface area contributed by atoms with Gasteiger partial charge in [0.05, 0.1) is 12.5 Å². The number of hydrogen-bond donors (Lipinski definition) is 1. The first kappa shape index (κ1) is 17.0. The van der Waals surface area contributed by atoms with Gasteiger partial charge < -0.3 is 10.1 Å². The molecule has 0 heterocycles. The van der Waals surface area contributed by atoms with E-state index >= 15 is 0 Å². The average Bonchev–Trinajstić information content (AvgIpc) is 2.50. The summed E-state index contributed by atoms with van der Waals surface area (Å²) in [4.78, 5) is 23.6. The van der Waals surface area contributed by atoms with Gasteiger partial charge >= 0.3 is 5.97 Å². The molecular formula is C18H18ClNO3. The Morgan fingerprint density at radius 2 is 1.87 bits per heavy atom. The second kappa shape index (κ2) is 7.79. The maximum absolute atomic E-state index is 12.2. The molecule has 5 heteroatoms. The minimum absolute atomic E-state index is 0.0473. The second-order valence-corrected chi connectivity index (χ2v) is 5.69. The molecule has 0 saturated carbocycles. The van der Waals surface area contributed by atoms with E-state index in [0.717, 1.165) is 11.1 Å². The van der Waals surface area contributed by atoms with Gasteiger partial charge in [0.25, 0.3) is 0 Å². The summed E-state index contributed by atoms with van der Waals surface area (Å²) < 4.78 is 5.38. The van der Waals surface area contributed by atoms with E-state index in [-0.39, 0.29) is 12.3 Å². The van der Waals surface area contributed by atoms with Crippen molar-refractivity contribution in [3.05, 3.63) is 64.7 Å². The monoisotopic (exact) mass is 331 g/mol. The number of aryl methyl sites for hydroxylation is 1. The lowest BCUT2D eigenvalue weighted by Crippen LogP contribution is -2.29. The first-order valence-electron chi connectivity index (χ1n) is 7.24. The number of ether oxygens (including phenoxy) is 1. The van der Waals surface area contributed by atoms with E-state index in [9.17, 15) is 9.59 Å². The molecule has 0 aromatic heterocycles. The topological polar surface area (TPSA) is 55.4 Å². The molecular weight excluding hydrogens is 314 g/mol. The molecule has 120 valence electrons. The highest BCUT2D eigenvalue weighted by molar-refractivity contribution is 6.30. The number of nitrogens with one attached hydrogen (secondary N) is 1. The fraction of sp³-hybridized carbons (Fsp3) is 0.222. The smallest absolute Gasteiger partial charge is 0.313 e. The molecule has 2 rings (SSSR count). The number of benzene rings is 2. The van der Waals surface area contributed by atoms with Gasteiger partial charge in [-0.15, -0.1) is 0 Å². The van der Waals surface area contributed by atoms with E-state index in [2.05, 4.69) is 5.32 Å². The first-order chi connectivity index (χ1) is 11.0. The van der Waals surface area contributed by atoms with Gasteiger partial charge in [-0.2, -0.15) is 0 Å². The maximum Gasteiger partial charge on any atom is 0.313 e. The van der Waals surface area contributed by atoms with Crippen molar-refractivity contribution in [3.63, 3.8) is 0 Å². The summed E-state index contributed by atoms with van der Waals surface area (Å²) >= 11 is 5.89. The molecule has 0 fully saturated rings. The second-order valence-electron chi connectivity index (χ2n) is 5.25. The Morgan fingerprint density at radius 3 is 2.48 bits per heavy atom. The van der Waals surface area contributed by atoms with Gasteiger partial charge in [0.15, 0.2) is 0 Å². The van der Waals surface area contributed by atoms with Crippen LogP contribution >= 0.6 is 11.6 Å². The predicted octanol–water partition coefficient (Wildman–Crippen LogP) is 3.82. The Bertz CT molecular complexity index is 701. The van der Waals surface area contributed by atoms with Crippen molar-refractivity contribution >= 4 is 23.5 Å². The van der Waals surface area contributed by atoms with Crippen LogP contribution < -0.4 is 10.1 Å². The lowest BCUT2D eigenvalue weighted by molar-refractivity contribution is -0.135. The summed E-state index contributed by atoms with van der Waals surface area (Å²) in [7, 11) is 0. The van der Waals surface area contributed by atoms with Crippen molar-refractivity contribution in [2.24, 2.45) is 0 Å². The molecule has 1 atom stereocenters. The number of carbonyl (C=O) groups is 2. The van der Waals surface area contributed by atoms with Crippen LogP contribution in [0.2, 0.25) is 5.02 Å². The van der Waals surface area contributed by atoms with Crippen LogP contribution in [0.25, 0.3) is 0 Å². The highest BCUT2D eigenvalue weighted by Crippen LogP contribution is 2.24. The minimum atomic E-state index is -0.422. The Morgan fingerprint density at radius 1 is 1.17 bits per heavy atom. The SMILES string of the molecule is CC(=O)N[C@@H](CC(=O)Oc1ccc(Cl)cc1C)c1ccccc1. The van der Waals surface area contributed by atoms with Crippen molar-refractivity contribution in [1.82, 2.24) is 5.32 Å². The van der Waals surface area contributed by atoms with Crippen LogP contribution in [0, 0.1) is 6.92 Å². The van der Waals surface area contributed by atoms with E-state index in [1.54, 1.807) is 18.2 Å². The maximum atomic E-state index is 12.2. The third kappa shape index (κ3) is 5.11. The highest BCUT2D eigenvalue weighted by atomic mass is 35.5. The summed E-state index contributed by atoms with van der Waals surface area (Å²) in [5, 5.41) is 3.36. The normalized spacial score (nSPS) is 11.6. The van der Waals surface area contributed by atoms with Crippen LogP contribution in [0.4, 0.5) is 0 Å². The van der Waals surface area contributed by atoms with E-state index in [1.165, 1.54) is 6.92 Å². The Hall–Kier alpha value is -2.33. The molecule has 0 unspecified atom stereocenters. The zero-order valence-electron chi connectivity index (χ0n) is 13.0. The van der Waals surface area contributed by atoms with E-state index < -0.39 is 12.0 Å². The van der Waals surface area contributed by atoms with Gasteiger partial charge in [-0.05, 0) is 36.2 Å². The quantitative estimate of drug-likeness (QED) is 0.669. The molecule has 1 N–H and O–H groups in total. The van der Waals surface area contributed by atoms with Crippen LogP contribution in [-0.4, -0.2) is 11.9 Å². The van der Waals surface area contributed by atoms with Crippen molar-refractivity contribution in [2.75, 3.05) is 0 Å². The molecule has 4 nitrogen and oxygen atoms in total. The first-order valence-corrected chi connectivity index (χ1v) is 7.62. The van der Waals surface area contributed by atoms with Crippen molar-refractivity contribution in [2.45, 2.75) is 26.3 Å². The van der Waals surface area contributed by atoms with Crippen LogP contribution in [0.15, 0.2) is 48.5 Å². The zero-order valence-corrected chi connectivity index (χ0v) is 13.8. The van der Waals surface area contributed by atoms with E-state index in [0.29, 0.717) is 10.8 Å². The third-order valence-corrected chi connectivity index (χ3v) is 3.55. The molecule has 0 aliphatic rings. The molecule has 0 spiro atoms. The summed E-state index contributed by atoms with van der Waals surface area (Å²) in [6.45, 7) is 3.24. The molecule has 1 amide bonds. The van der Waals surface area contributed by atoms with Crippen LogP contribution in [0.5, 0.6) is 5.75 Å². The van der Waals surface area contributed by atoms with E-state index in [1.807, 2.05) is 37.3 Å². The zero-order chi connectivity index (χ0) is 16.8. The summed E-state index contributed by atoms with van der Waals surface area (Å²) in [5.74, 6) is -0.151. The van der Waals surface area contributed by atoms with Crippen LogP contribution in [-0.2, 0) is 9.59 Å². The Balaban J connectivity index is 2.09. The summed E-state index contributed by atoms with van der Waals surface area (Å²) in [6, 6.07) is 14.0. The standard InChI is InChI=1S/C18H18ClNO3/c1-12-10-15(19)8-9-17(12)23-18(22)11-16(20-13(2)21)14-6-4-3-5-7-14/h3-10,16H,11H2,1-2H3,(H,20,21)/t16-/m0/s1. The number of hydrogen-bond acceptors (Lipinski definition) is 3. The number of esters is 1. The lowest BCUT2D eigenvalue weighted by Gasteiger charge is -2.18. The average molecular weight is 332 g/mol. The van der Waals surface area contributed by atoms with Gasteiger partial charge in [0.2, 0.25) is 5.91 Å². The van der Waals surface area contributed by atoms with Crippen molar-refractivity contribution in [3.8, 4) is 5.75 Å². The van der Waals surface area contributed by atoms with Gasteiger partial charge in [0.1, 0.15) is 5.75 Å². The summed E-state index contributed by atoms with van der Waals surface area (Å²) in [6.07, 6.45) is 0.0473. The molecule has 0 bridgehead atoms. The fourth-order valence-electron chi connectivity index (χ4n) is 2.24. The predicted molar refractivity (Wildman–Crippen MR) is 89.4 cm³/mol. The van der Waals surface area contributed by atoms with Gasteiger partial charge in [-0.1, -0.05) is 41.9 Å². The molecule has 23 heavy (non-hydrogen) atoms. The molecule has 0 aliphatic heterocycles. The number of carbonyl (C=O) groups excluding carboxylic acids is 2. The highest BCUT2D eigenvalue weighted by Gasteiger charge is 2.19. The largest absolute Gasteiger partial charge is 0.426 e. The number of amides is 1. The van der Waals surface area contributed by atoms with Crippen molar-refractivity contribution < 1.29 is 14.3 Å². The molecule has 0 aliphatic carbocycles. The Kier molecular flexibility index (Phi) is 5.77. The van der Waals surface area contributed by atoms with Crippen LogP contribution in [0.3, 0.4) is 0 Å². The fourth-order valence-corrected chi connectivity index (χ4v) is 2.47. The van der Waals surface area contributed by atoms with Gasteiger partial charge in [-0.25, -0.2) is 0 Å². The third-order valence-electron chi connectivity index (χ3n) is 3.31. The Labute approximate surface area is 140 Å².